The summed E-state index contributed by atoms with van der Waals surface area (Å²) in [5, 5.41) is 4.99. The van der Waals surface area contributed by atoms with Gasteiger partial charge in [-0.15, -0.1) is 11.3 Å². The van der Waals surface area contributed by atoms with Crippen LogP contribution in [0.5, 0.6) is 0 Å². The number of rotatable bonds is 6. The maximum Gasteiger partial charge on any atom is 0.230 e. The van der Waals surface area contributed by atoms with Crippen molar-refractivity contribution in [2.75, 3.05) is 5.75 Å². The molecule has 0 fully saturated rings. The van der Waals surface area contributed by atoms with E-state index < -0.39 is 0 Å². The fraction of sp³-hybridized carbons (Fsp3) is 0.316. The summed E-state index contributed by atoms with van der Waals surface area (Å²) < 4.78 is 0. The van der Waals surface area contributed by atoms with Crippen LogP contribution in [0.4, 0.5) is 0 Å². The van der Waals surface area contributed by atoms with Crippen LogP contribution in [0.2, 0.25) is 0 Å². The molecule has 1 atom stereocenters. The molecule has 0 saturated heterocycles. The van der Waals surface area contributed by atoms with Crippen molar-refractivity contribution in [1.29, 1.82) is 0 Å². The van der Waals surface area contributed by atoms with Crippen molar-refractivity contribution in [3.63, 3.8) is 0 Å². The van der Waals surface area contributed by atoms with E-state index in [1.54, 1.807) is 11.3 Å². The van der Waals surface area contributed by atoms with Gasteiger partial charge in [-0.05, 0) is 31.9 Å². The number of thioether (sulfide) groups is 1. The molecule has 3 aromatic rings. The van der Waals surface area contributed by atoms with Crippen LogP contribution >= 0.6 is 23.1 Å². The first-order valence-corrected chi connectivity index (χ1v) is 10.1. The minimum absolute atomic E-state index is 0.00528. The van der Waals surface area contributed by atoms with E-state index in [9.17, 15) is 4.79 Å². The van der Waals surface area contributed by atoms with E-state index in [4.69, 9.17) is 0 Å². The van der Waals surface area contributed by atoms with Crippen molar-refractivity contribution in [3.8, 4) is 0 Å². The number of hydrogen-bond donors (Lipinski definition) is 1. The van der Waals surface area contributed by atoms with Crippen LogP contribution in [0.3, 0.4) is 0 Å². The molecule has 1 unspecified atom stereocenters. The topological polar surface area (TPSA) is 54.9 Å². The summed E-state index contributed by atoms with van der Waals surface area (Å²) in [5.74, 6) is 1.11. The van der Waals surface area contributed by atoms with Crippen molar-refractivity contribution >= 4 is 39.2 Å². The molecule has 4 nitrogen and oxygen atoms in total. The van der Waals surface area contributed by atoms with Crippen LogP contribution in [0.1, 0.15) is 36.2 Å². The van der Waals surface area contributed by atoms with Gasteiger partial charge in [0, 0.05) is 10.3 Å². The van der Waals surface area contributed by atoms with Crippen molar-refractivity contribution in [2.24, 2.45) is 0 Å². The number of carbonyl (C=O) groups is 1. The number of thiophene rings is 1. The van der Waals surface area contributed by atoms with E-state index in [-0.39, 0.29) is 11.9 Å². The van der Waals surface area contributed by atoms with E-state index in [1.807, 2.05) is 44.2 Å². The molecule has 0 spiro atoms. The molecule has 3 rings (SSSR count). The van der Waals surface area contributed by atoms with Crippen molar-refractivity contribution < 1.29 is 4.79 Å². The molecule has 130 valence electrons. The number of benzene rings is 1. The lowest BCUT2D eigenvalue weighted by molar-refractivity contribution is -0.119. The SMILES string of the molecule is CCc1cc2c(SCC(=O)NC(C)c3ccccc3)nc(C)nc2s1. The van der Waals surface area contributed by atoms with E-state index >= 15 is 0 Å². The molecule has 2 aromatic heterocycles. The third-order valence-electron chi connectivity index (χ3n) is 3.89. The lowest BCUT2D eigenvalue weighted by Crippen LogP contribution is -2.28. The third-order valence-corrected chi connectivity index (χ3v) is 6.05. The number of hydrogen-bond acceptors (Lipinski definition) is 5. The van der Waals surface area contributed by atoms with Gasteiger partial charge in [0.05, 0.1) is 11.8 Å². The third kappa shape index (κ3) is 4.38. The quantitative estimate of drug-likeness (QED) is 0.511. The summed E-state index contributed by atoms with van der Waals surface area (Å²) in [5.41, 5.74) is 1.10. The maximum absolute atomic E-state index is 12.3. The van der Waals surface area contributed by atoms with Crippen LogP contribution in [-0.2, 0) is 11.2 Å². The highest BCUT2D eigenvalue weighted by Gasteiger charge is 2.14. The fourth-order valence-electron chi connectivity index (χ4n) is 2.57. The minimum atomic E-state index is -0.00528. The largest absolute Gasteiger partial charge is 0.349 e. The average molecular weight is 372 g/mol. The standard InChI is InChI=1S/C19H21N3OS2/c1-4-15-10-16-18(21-13(3)22-19(16)25-15)24-11-17(23)20-12(2)14-8-6-5-7-9-14/h5-10,12H,4,11H2,1-3H3,(H,20,23). The van der Waals surface area contributed by atoms with Crippen molar-refractivity contribution in [2.45, 2.75) is 38.3 Å². The Hall–Kier alpha value is -1.92. The molecule has 1 N–H and O–H groups in total. The first-order valence-electron chi connectivity index (χ1n) is 8.31. The van der Waals surface area contributed by atoms with E-state index in [0.29, 0.717) is 5.75 Å². The number of aromatic nitrogens is 2. The normalized spacial score (nSPS) is 12.3. The van der Waals surface area contributed by atoms with E-state index in [2.05, 4.69) is 28.3 Å². The highest BCUT2D eigenvalue weighted by Crippen LogP contribution is 2.31. The molecular weight excluding hydrogens is 350 g/mol. The van der Waals surface area contributed by atoms with Crippen LogP contribution in [-0.4, -0.2) is 21.6 Å². The van der Waals surface area contributed by atoms with Crippen molar-refractivity contribution in [1.82, 2.24) is 15.3 Å². The summed E-state index contributed by atoms with van der Waals surface area (Å²) in [6.07, 6.45) is 0.985. The van der Waals surface area contributed by atoms with Crippen molar-refractivity contribution in [3.05, 3.63) is 52.7 Å². The zero-order valence-corrected chi connectivity index (χ0v) is 16.2. The van der Waals surface area contributed by atoms with E-state index in [0.717, 1.165) is 33.1 Å². The highest BCUT2D eigenvalue weighted by atomic mass is 32.2. The Kier molecular flexibility index (Phi) is 5.71. The van der Waals surface area contributed by atoms with Crippen LogP contribution < -0.4 is 5.32 Å². The van der Waals surface area contributed by atoms with Gasteiger partial charge in [0.25, 0.3) is 0 Å². The van der Waals surface area contributed by atoms with E-state index in [1.165, 1.54) is 16.6 Å². The smallest absolute Gasteiger partial charge is 0.230 e. The zero-order chi connectivity index (χ0) is 17.8. The predicted octanol–water partition coefficient (Wildman–Crippen LogP) is 4.53. The average Bonchev–Trinajstić information content (AvgIpc) is 3.03. The van der Waals surface area contributed by atoms with Gasteiger partial charge in [0.2, 0.25) is 5.91 Å². The number of aryl methyl sites for hydroxylation is 2. The lowest BCUT2D eigenvalue weighted by Gasteiger charge is -2.14. The summed E-state index contributed by atoms with van der Waals surface area (Å²) in [4.78, 5) is 23.7. The van der Waals surface area contributed by atoms with Crippen LogP contribution in [0.15, 0.2) is 41.4 Å². The monoisotopic (exact) mass is 371 g/mol. The highest BCUT2D eigenvalue weighted by molar-refractivity contribution is 8.00. The van der Waals surface area contributed by atoms with Crippen LogP contribution in [0.25, 0.3) is 10.2 Å². The first-order chi connectivity index (χ1) is 12.1. The number of amides is 1. The Bertz CT molecular complexity index is 877. The number of fused-ring (bicyclic) bond motifs is 1. The molecule has 25 heavy (non-hydrogen) atoms. The zero-order valence-electron chi connectivity index (χ0n) is 14.6. The second-order valence-electron chi connectivity index (χ2n) is 5.85. The van der Waals surface area contributed by atoms with Crippen LogP contribution in [0, 0.1) is 6.92 Å². The second-order valence-corrected chi connectivity index (χ2v) is 7.93. The molecule has 2 heterocycles. The summed E-state index contributed by atoms with van der Waals surface area (Å²) in [7, 11) is 0. The Morgan fingerprint density at radius 3 is 2.76 bits per heavy atom. The summed E-state index contributed by atoms with van der Waals surface area (Å²) in [6.45, 7) is 6.03. The molecule has 0 saturated carbocycles. The summed E-state index contributed by atoms with van der Waals surface area (Å²) in [6, 6.07) is 12.1. The lowest BCUT2D eigenvalue weighted by atomic mass is 10.1. The molecule has 0 aliphatic carbocycles. The van der Waals surface area contributed by atoms with Gasteiger partial charge in [-0.3, -0.25) is 4.79 Å². The molecule has 0 radical (unpaired) electrons. The molecule has 1 aromatic carbocycles. The molecule has 0 aliphatic rings. The predicted molar refractivity (Wildman–Crippen MR) is 105 cm³/mol. The Balaban J connectivity index is 1.68. The number of nitrogens with zero attached hydrogens (tertiary/aromatic N) is 2. The molecular formula is C19H21N3OS2. The Morgan fingerprint density at radius 1 is 1.28 bits per heavy atom. The second kappa shape index (κ2) is 7.97. The fourth-order valence-corrected chi connectivity index (χ4v) is 4.51. The van der Waals surface area contributed by atoms with Gasteiger partial charge in [-0.1, -0.05) is 49.0 Å². The van der Waals surface area contributed by atoms with Gasteiger partial charge in [-0.25, -0.2) is 9.97 Å². The van der Waals surface area contributed by atoms with Gasteiger partial charge >= 0.3 is 0 Å². The molecule has 0 bridgehead atoms. The molecule has 1 amide bonds. The maximum atomic E-state index is 12.3. The number of nitrogens with one attached hydrogen (secondary N) is 1. The molecule has 0 aliphatic heterocycles. The first kappa shape index (κ1) is 17.9. The minimum Gasteiger partial charge on any atom is -0.349 e. The number of carbonyl (C=O) groups excluding carboxylic acids is 1. The van der Waals surface area contributed by atoms with Gasteiger partial charge < -0.3 is 5.32 Å². The van der Waals surface area contributed by atoms with Gasteiger partial charge in [0.1, 0.15) is 15.7 Å². The summed E-state index contributed by atoms with van der Waals surface area (Å²) >= 11 is 3.18. The Labute approximate surface area is 156 Å². The van der Waals surface area contributed by atoms with Gasteiger partial charge in [0.15, 0.2) is 0 Å². The molecule has 6 heteroatoms. The Morgan fingerprint density at radius 2 is 2.04 bits per heavy atom. The van der Waals surface area contributed by atoms with Gasteiger partial charge in [-0.2, -0.15) is 0 Å².